The average molecular weight is 568 g/mol. The smallest absolute Gasteiger partial charge is 0.251 e. The standard InChI is InChI=1S/C30H38ClN5O4/c1-6-36-17-26(35-29(36)19(4)33-20(5)37)22-9-7-21(8-10-22)15-24(12-14-28(32)38)34-30(39)23-11-13-27(25(31)16-23)40-18(2)3/h7-11,13,16-19,24H,6,12,14-15H2,1-5H3,(H2,32,38)(H,33,37)(H,34,39)/t19-,24-/m1/s1. The van der Waals surface area contributed by atoms with E-state index in [1.165, 1.54) is 6.92 Å². The number of imidazole rings is 1. The molecule has 9 nitrogen and oxygen atoms in total. The van der Waals surface area contributed by atoms with Crippen LogP contribution in [0.2, 0.25) is 5.02 Å². The molecule has 3 rings (SSSR count). The topological polar surface area (TPSA) is 128 Å². The molecule has 3 aromatic rings. The third-order valence-corrected chi connectivity index (χ3v) is 6.61. The molecule has 0 radical (unpaired) electrons. The van der Waals surface area contributed by atoms with Crippen LogP contribution in [0.25, 0.3) is 11.3 Å². The number of nitrogens with zero attached hydrogens (tertiary/aromatic N) is 2. The molecule has 0 saturated carbocycles. The molecule has 4 N–H and O–H groups in total. The monoisotopic (exact) mass is 567 g/mol. The number of nitrogens with one attached hydrogen (secondary N) is 2. The second-order valence-corrected chi connectivity index (χ2v) is 10.5. The van der Waals surface area contributed by atoms with Gasteiger partial charge in [0.2, 0.25) is 11.8 Å². The van der Waals surface area contributed by atoms with Crippen LogP contribution in [0.1, 0.15) is 75.2 Å². The Kier molecular flexibility index (Phi) is 10.7. The zero-order valence-corrected chi connectivity index (χ0v) is 24.4. The zero-order chi connectivity index (χ0) is 29.4. The Hall–Kier alpha value is -3.85. The molecule has 0 saturated heterocycles. The van der Waals surface area contributed by atoms with Gasteiger partial charge in [-0.2, -0.15) is 0 Å². The van der Waals surface area contributed by atoms with Crippen molar-refractivity contribution >= 4 is 29.3 Å². The molecule has 0 aliphatic heterocycles. The summed E-state index contributed by atoms with van der Waals surface area (Å²) in [4.78, 5) is 40.8. The maximum Gasteiger partial charge on any atom is 0.251 e. The molecule has 0 spiro atoms. The highest BCUT2D eigenvalue weighted by Crippen LogP contribution is 2.27. The summed E-state index contributed by atoms with van der Waals surface area (Å²) in [6.45, 7) is 9.95. The summed E-state index contributed by atoms with van der Waals surface area (Å²) in [5, 5.41) is 6.26. The van der Waals surface area contributed by atoms with E-state index >= 15 is 0 Å². The number of ether oxygens (including phenoxy) is 1. The predicted octanol–water partition coefficient (Wildman–Crippen LogP) is 4.81. The largest absolute Gasteiger partial charge is 0.489 e. The minimum Gasteiger partial charge on any atom is -0.489 e. The van der Waals surface area contributed by atoms with Crippen molar-refractivity contribution in [3.8, 4) is 17.0 Å². The quantitative estimate of drug-likeness (QED) is 0.273. The van der Waals surface area contributed by atoms with E-state index < -0.39 is 5.91 Å². The van der Waals surface area contributed by atoms with Crippen LogP contribution in [-0.4, -0.2) is 39.4 Å². The van der Waals surface area contributed by atoms with Crippen molar-refractivity contribution in [1.29, 1.82) is 0 Å². The first-order valence-corrected chi connectivity index (χ1v) is 13.8. The van der Waals surface area contributed by atoms with E-state index in [1.807, 2.05) is 62.7 Å². The molecule has 2 atom stereocenters. The fourth-order valence-electron chi connectivity index (χ4n) is 4.44. The maximum absolute atomic E-state index is 13.0. The molecule has 10 heteroatoms. The highest BCUT2D eigenvalue weighted by atomic mass is 35.5. The fraction of sp³-hybridized carbons (Fsp3) is 0.400. The second kappa shape index (κ2) is 14.0. The predicted molar refractivity (Wildman–Crippen MR) is 156 cm³/mol. The van der Waals surface area contributed by atoms with Crippen LogP contribution in [0.4, 0.5) is 0 Å². The minimum absolute atomic E-state index is 0.0431. The molecule has 0 fully saturated rings. The first-order chi connectivity index (χ1) is 19.0. The number of amides is 3. The van der Waals surface area contributed by atoms with E-state index in [-0.39, 0.29) is 36.4 Å². The van der Waals surface area contributed by atoms with E-state index in [4.69, 9.17) is 27.1 Å². The first-order valence-electron chi connectivity index (χ1n) is 13.5. The van der Waals surface area contributed by atoms with Crippen LogP contribution in [0.5, 0.6) is 5.75 Å². The van der Waals surface area contributed by atoms with Gasteiger partial charge in [0, 0.05) is 43.3 Å². The summed E-state index contributed by atoms with van der Waals surface area (Å²) in [6, 6.07) is 12.3. The summed E-state index contributed by atoms with van der Waals surface area (Å²) in [5.74, 6) is 0.467. The van der Waals surface area contributed by atoms with Crippen molar-refractivity contribution < 1.29 is 19.1 Å². The Morgan fingerprint density at radius 1 is 1.07 bits per heavy atom. The van der Waals surface area contributed by atoms with Gasteiger partial charge in [-0.05, 0) is 64.3 Å². The number of benzene rings is 2. The van der Waals surface area contributed by atoms with E-state index in [1.54, 1.807) is 18.2 Å². The van der Waals surface area contributed by atoms with E-state index in [9.17, 15) is 14.4 Å². The van der Waals surface area contributed by atoms with Gasteiger partial charge in [-0.15, -0.1) is 0 Å². The van der Waals surface area contributed by atoms with Gasteiger partial charge in [-0.25, -0.2) is 4.98 Å². The Bertz CT molecular complexity index is 1340. The normalized spacial score (nSPS) is 12.6. The fourth-order valence-corrected chi connectivity index (χ4v) is 4.66. The summed E-state index contributed by atoms with van der Waals surface area (Å²) >= 11 is 6.32. The van der Waals surface area contributed by atoms with Crippen LogP contribution >= 0.6 is 11.6 Å². The van der Waals surface area contributed by atoms with Gasteiger partial charge in [-0.3, -0.25) is 14.4 Å². The number of aryl methyl sites for hydroxylation is 1. The van der Waals surface area contributed by atoms with Crippen molar-refractivity contribution in [3.63, 3.8) is 0 Å². The van der Waals surface area contributed by atoms with Crippen molar-refractivity contribution in [2.24, 2.45) is 5.73 Å². The van der Waals surface area contributed by atoms with Gasteiger partial charge >= 0.3 is 0 Å². The van der Waals surface area contributed by atoms with E-state index in [2.05, 4.69) is 10.6 Å². The summed E-state index contributed by atoms with van der Waals surface area (Å²) in [6.07, 6.45) is 2.99. The van der Waals surface area contributed by atoms with Gasteiger partial charge in [0.15, 0.2) is 0 Å². The minimum atomic E-state index is -0.427. The van der Waals surface area contributed by atoms with Crippen LogP contribution < -0.4 is 21.1 Å². The van der Waals surface area contributed by atoms with Gasteiger partial charge in [0.25, 0.3) is 5.91 Å². The van der Waals surface area contributed by atoms with Crippen LogP contribution in [0, 0.1) is 0 Å². The molecule has 0 bridgehead atoms. The van der Waals surface area contributed by atoms with Gasteiger partial charge in [0.05, 0.1) is 22.9 Å². The molecule has 1 heterocycles. The summed E-state index contributed by atoms with van der Waals surface area (Å²) < 4.78 is 7.67. The molecular formula is C30H38ClN5O4. The van der Waals surface area contributed by atoms with Gasteiger partial charge < -0.3 is 25.7 Å². The molecule has 1 aromatic heterocycles. The Balaban J connectivity index is 1.74. The lowest BCUT2D eigenvalue weighted by Crippen LogP contribution is -2.37. The third kappa shape index (κ3) is 8.58. The number of halogens is 1. The van der Waals surface area contributed by atoms with Crippen molar-refractivity contribution in [2.75, 3.05) is 0 Å². The highest BCUT2D eigenvalue weighted by molar-refractivity contribution is 6.32. The van der Waals surface area contributed by atoms with Crippen molar-refractivity contribution in [1.82, 2.24) is 20.2 Å². The first kappa shape index (κ1) is 30.7. The van der Waals surface area contributed by atoms with E-state index in [0.717, 1.165) is 29.2 Å². The zero-order valence-electron chi connectivity index (χ0n) is 23.7. The third-order valence-electron chi connectivity index (χ3n) is 6.32. The number of aromatic nitrogens is 2. The van der Waals surface area contributed by atoms with Crippen molar-refractivity contribution in [2.45, 2.75) is 78.6 Å². The Labute approximate surface area is 240 Å². The lowest BCUT2D eigenvalue weighted by molar-refractivity contribution is -0.120. The van der Waals surface area contributed by atoms with Gasteiger partial charge in [0.1, 0.15) is 11.6 Å². The van der Waals surface area contributed by atoms with E-state index in [0.29, 0.717) is 29.2 Å². The SMILES string of the molecule is CCn1cc(-c2ccc(C[C@@H](CCC(N)=O)NC(=O)c3ccc(OC(C)C)c(Cl)c3)cc2)nc1[C@@H](C)NC(C)=O. The van der Waals surface area contributed by atoms with Crippen LogP contribution in [0.15, 0.2) is 48.7 Å². The molecule has 2 aromatic carbocycles. The Morgan fingerprint density at radius 3 is 2.35 bits per heavy atom. The summed E-state index contributed by atoms with van der Waals surface area (Å²) in [5.41, 5.74) is 8.52. The van der Waals surface area contributed by atoms with Crippen LogP contribution in [-0.2, 0) is 22.6 Å². The molecule has 40 heavy (non-hydrogen) atoms. The number of hydrogen-bond donors (Lipinski definition) is 3. The molecule has 3 amide bonds. The molecule has 0 aliphatic carbocycles. The van der Waals surface area contributed by atoms with Crippen molar-refractivity contribution in [3.05, 3.63) is 70.6 Å². The molecule has 214 valence electrons. The molecular weight excluding hydrogens is 530 g/mol. The number of carbonyl (C=O) groups excluding carboxylic acids is 3. The van der Waals surface area contributed by atoms with Crippen LogP contribution in [0.3, 0.4) is 0 Å². The number of rotatable bonds is 13. The number of carbonyl (C=O) groups is 3. The highest BCUT2D eigenvalue weighted by Gasteiger charge is 2.19. The number of primary amides is 1. The molecule has 0 unspecified atom stereocenters. The average Bonchev–Trinajstić information content (AvgIpc) is 3.33. The number of hydrogen-bond acceptors (Lipinski definition) is 5. The summed E-state index contributed by atoms with van der Waals surface area (Å²) in [7, 11) is 0. The van der Waals surface area contributed by atoms with Gasteiger partial charge in [-0.1, -0.05) is 35.9 Å². The number of nitrogens with two attached hydrogens (primary N) is 1. The maximum atomic E-state index is 13.0. The lowest BCUT2D eigenvalue weighted by atomic mass is 9.99. The molecule has 0 aliphatic rings. The lowest BCUT2D eigenvalue weighted by Gasteiger charge is -2.19. The second-order valence-electron chi connectivity index (χ2n) is 10.1. The Morgan fingerprint density at radius 2 is 1.77 bits per heavy atom.